The van der Waals surface area contributed by atoms with E-state index in [0.29, 0.717) is 6.61 Å². The van der Waals surface area contributed by atoms with Crippen molar-refractivity contribution in [2.45, 2.75) is 39.3 Å². The Morgan fingerprint density at radius 1 is 1.22 bits per heavy atom. The molecule has 0 heterocycles. The molecule has 100 valence electrons. The van der Waals surface area contributed by atoms with Crippen molar-refractivity contribution in [3.05, 3.63) is 42.0 Å². The van der Waals surface area contributed by atoms with Gasteiger partial charge in [-0.15, -0.1) is 0 Å². The molecular weight excluding hydrogens is 222 g/mol. The molecular formula is C16H25NO. The summed E-state index contributed by atoms with van der Waals surface area (Å²) in [6, 6.07) is 10.3. The van der Waals surface area contributed by atoms with Gasteiger partial charge in [0, 0.05) is 12.1 Å². The highest BCUT2D eigenvalue weighted by Gasteiger charge is 2.10. The van der Waals surface area contributed by atoms with Crippen molar-refractivity contribution in [2.75, 3.05) is 13.2 Å². The molecule has 0 bridgehead atoms. The fourth-order valence-corrected chi connectivity index (χ4v) is 1.48. The van der Waals surface area contributed by atoms with Crippen LogP contribution in [0.25, 0.3) is 6.08 Å². The third-order valence-electron chi connectivity index (χ3n) is 2.51. The first-order valence-corrected chi connectivity index (χ1v) is 6.55. The van der Waals surface area contributed by atoms with Crippen LogP contribution in [0, 0.1) is 0 Å². The molecule has 0 saturated heterocycles. The lowest BCUT2D eigenvalue weighted by Crippen LogP contribution is -2.40. The molecule has 0 spiro atoms. The van der Waals surface area contributed by atoms with Crippen LogP contribution in [0.5, 0.6) is 0 Å². The molecule has 1 N–H and O–H groups in total. The van der Waals surface area contributed by atoms with Gasteiger partial charge < -0.3 is 10.1 Å². The zero-order valence-corrected chi connectivity index (χ0v) is 11.9. The standard InChI is InChI=1S/C16H25NO/c1-14(13-17-16(2,3)4)18-12-8-11-15-9-6-5-7-10-15/h5-11,14,17H,12-13H2,1-4H3. The van der Waals surface area contributed by atoms with Crippen molar-refractivity contribution < 1.29 is 4.74 Å². The SMILES string of the molecule is CC(CNC(C)(C)C)OCC=Cc1ccccc1. The second-order valence-electron chi connectivity index (χ2n) is 5.59. The van der Waals surface area contributed by atoms with E-state index in [2.05, 4.69) is 57.3 Å². The molecule has 0 aliphatic carbocycles. The fourth-order valence-electron chi connectivity index (χ4n) is 1.48. The molecule has 1 atom stereocenters. The Labute approximate surface area is 111 Å². The van der Waals surface area contributed by atoms with Crippen molar-refractivity contribution in [3.63, 3.8) is 0 Å². The zero-order valence-electron chi connectivity index (χ0n) is 11.9. The molecule has 0 aromatic heterocycles. The van der Waals surface area contributed by atoms with E-state index in [1.54, 1.807) is 0 Å². The molecule has 2 nitrogen and oxygen atoms in total. The quantitative estimate of drug-likeness (QED) is 0.831. The Morgan fingerprint density at radius 3 is 2.50 bits per heavy atom. The first-order chi connectivity index (χ1) is 8.47. The zero-order chi connectivity index (χ0) is 13.4. The van der Waals surface area contributed by atoms with Gasteiger partial charge in [0.25, 0.3) is 0 Å². The summed E-state index contributed by atoms with van der Waals surface area (Å²) in [6.45, 7) is 10.1. The lowest BCUT2D eigenvalue weighted by Gasteiger charge is -2.23. The van der Waals surface area contributed by atoms with Crippen LogP contribution in [0.2, 0.25) is 0 Å². The summed E-state index contributed by atoms with van der Waals surface area (Å²) in [5.74, 6) is 0. The summed E-state index contributed by atoms with van der Waals surface area (Å²) in [5, 5.41) is 3.43. The molecule has 0 aliphatic heterocycles. The van der Waals surface area contributed by atoms with Gasteiger partial charge in [-0.05, 0) is 33.3 Å². The highest BCUT2D eigenvalue weighted by molar-refractivity contribution is 5.48. The Bertz CT molecular complexity index is 351. The van der Waals surface area contributed by atoms with Gasteiger partial charge in [-0.1, -0.05) is 42.5 Å². The third kappa shape index (κ3) is 7.25. The van der Waals surface area contributed by atoms with Gasteiger partial charge in [0.1, 0.15) is 0 Å². The monoisotopic (exact) mass is 247 g/mol. The molecule has 18 heavy (non-hydrogen) atoms. The number of rotatable bonds is 6. The van der Waals surface area contributed by atoms with Crippen LogP contribution in [0.3, 0.4) is 0 Å². The summed E-state index contributed by atoms with van der Waals surface area (Å²) >= 11 is 0. The van der Waals surface area contributed by atoms with Crippen LogP contribution in [-0.2, 0) is 4.74 Å². The Morgan fingerprint density at radius 2 is 1.89 bits per heavy atom. The lowest BCUT2D eigenvalue weighted by atomic mass is 10.1. The van der Waals surface area contributed by atoms with E-state index in [4.69, 9.17) is 4.74 Å². The largest absolute Gasteiger partial charge is 0.373 e. The number of hydrogen-bond donors (Lipinski definition) is 1. The van der Waals surface area contributed by atoms with Gasteiger partial charge in [0.15, 0.2) is 0 Å². The number of benzene rings is 1. The maximum atomic E-state index is 5.71. The highest BCUT2D eigenvalue weighted by Crippen LogP contribution is 2.02. The summed E-state index contributed by atoms with van der Waals surface area (Å²) in [6.07, 6.45) is 4.37. The molecule has 0 saturated carbocycles. The molecule has 2 heteroatoms. The Kier molecular flexibility index (Phi) is 6.10. The van der Waals surface area contributed by atoms with Crippen LogP contribution in [-0.4, -0.2) is 24.8 Å². The molecule has 1 unspecified atom stereocenters. The van der Waals surface area contributed by atoms with Gasteiger partial charge in [-0.3, -0.25) is 0 Å². The van der Waals surface area contributed by atoms with Crippen molar-refractivity contribution in [3.8, 4) is 0 Å². The highest BCUT2D eigenvalue weighted by atomic mass is 16.5. The molecule has 0 radical (unpaired) electrons. The maximum absolute atomic E-state index is 5.71. The van der Waals surface area contributed by atoms with E-state index in [0.717, 1.165) is 6.54 Å². The molecule has 1 aromatic rings. The van der Waals surface area contributed by atoms with Gasteiger partial charge >= 0.3 is 0 Å². The van der Waals surface area contributed by atoms with Gasteiger partial charge in [-0.25, -0.2) is 0 Å². The summed E-state index contributed by atoms with van der Waals surface area (Å²) in [5.41, 5.74) is 1.36. The second kappa shape index (κ2) is 7.34. The number of hydrogen-bond acceptors (Lipinski definition) is 2. The maximum Gasteiger partial charge on any atom is 0.0675 e. The van der Waals surface area contributed by atoms with E-state index in [1.165, 1.54) is 5.56 Å². The van der Waals surface area contributed by atoms with Gasteiger partial charge in [0.2, 0.25) is 0 Å². The van der Waals surface area contributed by atoms with Crippen molar-refractivity contribution in [2.24, 2.45) is 0 Å². The summed E-state index contributed by atoms with van der Waals surface area (Å²) in [4.78, 5) is 0. The summed E-state index contributed by atoms with van der Waals surface area (Å²) in [7, 11) is 0. The first-order valence-electron chi connectivity index (χ1n) is 6.55. The van der Waals surface area contributed by atoms with Crippen molar-refractivity contribution in [1.29, 1.82) is 0 Å². The minimum Gasteiger partial charge on any atom is -0.373 e. The minimum atomic E-state index is 0.150. The Balaban J connectivity index is 2.19. The van der Waals surface area contributed by atoms with Crippen LogP contribution < -0.4 is 5.32 Å². The van der Waals surface area contributed by atoms with Gasteiger partial charge in [-0.2, -0.15) is 0 Å². The van der Waals surface area contributed by atoms with Crippen LogP contribution in [0.15, 0.2) is 36.4 Å². The average Bonchev–Trinajstić information content (AvgIpc) is 2.33. The van der Waals surface area contributed by atoms with Crippen LogP contribution >= 0.6 is 0 Å². The normalized spacial score (nSPS) is 14.0. The van der Waals surface area contributed by atoms with E-state index >= 15 is 0 Å². The van der Waals surface area contributed by atoms with Crippen molar-refractivity contribution >= 4 is 6.08 Å². The predicted molar refractivity (Wildman–Crippen MR) is 78.6 cm³/mol. The first kappa shape index (κ1) is 14.9. The second-order valence-corrected chi connectivity index (χ2v) is 5.59. The van der Waals surface area contributed by atoms with Crippen molar-refractivity contribution in [1.82, 2.24) is 5.32 Å². The smallest absolute Gasteiger partial charge is 0.0675 e. The van der Waals surface area contributed by atoms with Gasteiger partial charge in [0.05, 0.1) is 12.7 Å². The fraction of sp³-hybridized carbons (Fsp3) is 0.500. The number of ether oxygens (including phenoxy) is 1. The lowest BCUT2D eigenvalue weighted by molar-refractivity contribution is 0.0829. The van der Waals surface area contributed by atoms with E-state index < -0.39 is 0 Å². The topological polar surface area (TPSA) is 21.3 Å². The van der Waals surface area contributed by atoms with Crippen LogP contribution in [0.4, 0.5) is 0 Å². The molecule has 0 amide bonds. The van der Waals surface area contributed by atoms with E-state index in [9.17, 15) is 0 Å². The molecule has 0 aliphatic rings. The molecule has 1 aromatic carbocycles. The number of nitrogens with one attached hydrogen (secondary N) is 1. The predicted octanol–water partition coefficient (Wildman–Crippen LogP) is 3.49. The Hall–Kier alpha value is -1.12. The van der Waals surface area contributed by atoms with E-state index in [1.807, 2.05) is 18.2 Å². The molecule has 1 rings (SSSR count). The summed E-state index contributed by atoms with van der Waals surface area (Å²) < 4.78 is 5.71. The van der Waals surface area contributed by atoms with Crippen LogP contribution in [0.1, 0.15) is 33.3 Å². The van der Waals surface area contributed by atoms with E-state index in [-0.39, 0.29) is 11.6 Å². The minimum absolute atomic E-state index is 0.150. The average molecular weight is 247 g/mol. The third-order valence-corrected chi connectivity index (χ3v) is 2.51. The molecule has 0 fully saturated rings.